The molecule has 1 heterocycles. The topological polar surface area (TPSA) is 48.9 Å². The smallest absolute Gasteiger partial charge is 0.138 e. The molecule has 0 spiro atoms. The van der Waals surface area contributed by atoms with Crippen molar-refractivity contribution in [3.63, 3.8) is 0 Å². The van der Waals surface area contributed by atoms with E-state index in [1.807, 2.05) is 24.3 Å². The molecular formula is C13H8ClIN2O. The fourth-order valence-corrected chi connectivity index (χ4v) is 2.35. The third-order valence-electron chi connectivity index (χ3n) is 2.68. The molecule has 3 rings (SSSR count). The number of H-pyrrole nitrogens is 1. The van der Waals surface area contributed by atoms with Crippen LogP contribution < -0.4 is 0 Å². The summed E-state index contributed by atoms with van der Waals surface area (Å²) >= 11 is 8.16. The van der Waals surface area contributed by atoms with Crippen LogP contribution in [0.3, 0.4) is 0 Å². The van der Waals surface area contributed by atoms with Gasteiger partial charge in [-0.2, -0.15) is 0 Å². The number of para-hydroxylation sites is 1. The highest BCUT2D eigenvalue weighted by atomic mass is 127. The summed E-state index contributed by atoms with van der Waals surface area (Å²) in [5, 5.41) is 10.3. The molecule has 2 aromatic carbocycles. The van der Waals surface area contributed by atoms with Crippen LogP contribution in [0.25, 0.3) is 22.4 Å². The number of fused-ring (bicyclic) bond motifs is 1. The van der Waals surface area contributed by atoms with Gasteiger partial charge < -0.3 is 10.1 Å². The molecule has 0 aliphatic rings. The Morgan fingerprint density at radius 1 is 1.22 bits per heavy atom. The standard InChI is InChI=1S/C13H8ClIN2O/c14-8-2-1-3-10-12(8)17-13(16-10)7-4-5-9(15)11(18)6-7/h1-6,18H,(H,16,17). The zero-order valence-electron chi connectivity index (χ0n) is 9.11. The molecule has 5 heteroatoms. The van der Waals surface area contributed by atoms with E-state index in [-0.39, 0.29) is 5.75 Å². The number of benzene rings is 2. The number of aromatic hydroxyl groups is 1. The van der Waals surface area contributed by atoms with E-state index in [1.165, 1.54) is 0 Å². The average molecular weight is 371 g/mol. The first-order valence-corrected chi connectivity index (χ1v) is 6.74. The highest BCUT2D eigenvalue weighted by Gasteiger charge is 2.09. The molecule has 0 atom stereocenters. The van der Waals surface area contributed by atoms with Gasteiger partial charge in [-0.25, -0.2) is 4.98 Å². The molecule has 0 radical (unpaired) electrons. The van der Waals surface area contributed by atoms with Crippen molar-refractivity contribution in [2.45, 2.75) is 0 Å². The van der Waals surface area contributed by atoms with E-state index in [9.17, 15) is 5.11 Å². The first-order chi connectivity index (χ1) is 8.65. The number of hydrogen-bond acceptors (Lipinski definition) is 2. The molecular weight excluding hydrogens is 363 g/mol. The molecule has 3 nitrogen and oxygen atoms in total. The van der Waals surface area contributed by atoms with E-state index >= 15 is 0 Å². The van der Waals surface area contributed by atoms with Crippen LogP contribution in [0.2, 0.25) is 5.02 Å². The van der Waals surface area contributed by atoms with Crippen molar-refractivity contribution in [2.75, 3.05) is 0 Å². The number of aromatic amines is 1. The Morgan fingerprint density at radius 2 is 2.06 bits per heavy atom. The summed E-state index contributed by atoms with van der Waals surface area (Å²) in [6, 6.07) is 11.0. The van der Waals surface area contributed by atoms with Gasteiger partial charge in [0, 0.05) is 5.56 Å². The largest absolute Gasteiger partial charge is 0.507 e. The first-order valence-electron chi connectivity index (χ1n) is 5.28. The second-order valence-corrected chi connectivity index (χ2v) is 5.46. The highest BCUT2D eigenvalue weighted by molar-refractivity contribution is 14.1. The predicted octanol–water partition coefficient (Wildman–Crippen LogP) is 4.19. The molecule has 0 fully saturated rings. The Bertz CT molecular complexity index is 739. The number of hydrogen-bond donors (Lipinski definition) is 2. The van der Waals surface area contributed by atoms with Gasteiger partial charge in [0.1, 0.15) is 17.1 Å². The normalized spacial score (nSPS) is 11.0. The quantitative estimate of drug-likeness (QED) is 0.631. The van der Waals surface area contributed by atoms with Crippen LogP contribution in [0.15, 0.2) is 36.4 Å². The molecule has 0 aliphatic heterocycles. The maximum atomic E-state index is 9.72. The number of rotatable bonds is 1. The van der Waals surface area contributed by atoms with E-state index < -0.39 is 0 Å². The number of phenolic OH excluding ortho intramolecular Hbond substituents is 1. The first kappa shape index (κ1) is 11.8. The van der Waals surface area contributed by atoms with Gasteiger partial charge in [0.05, 0.1) is 14.1 Å². The Kier molecular flexibility index (Phi) is 2.91. The number of phenols is 1. The van der Waals surface area contributed by atoms with Gasteiger partial charge >= 0.3 is 0 Å². The number of aromatic nitrogens is 2. The molecule has 1 aromatic heterocycles. The number of nitrogens with one attached hydrogen (secondary N) is 1. The van der Waals surface area contributed by atoms with Gasteiger partial charge in [0.15, 0.2) is 0 Å². The van der Waals surface area contributed by atoms with Gasteiger partial charge in [-0.05, 0) is 52.9 Å². The van der Waals surface area contributed by atoms with Crippen molar-refractivity contribution in [3.05, 3.63) is 45.0 Å². The van der Waals surface area contributed by atoms with Gasteiger partial charge in [0.25, 0.3) is 0 Å². The third kappa shape index (κ3) is 1.95. The Morgan fingerprint density at radius 3 is 2.78 bits per heavy atom. The van der Waals surface area contributed by atoms with Crippen molar-refractivity contribution in [1.82, 2.24) is 9.97 Å². The number of halogens is 2. The van der Waals surface area contributed by atoms with E-state index in [2.05, 4.69) is 32.6 Å². The van der Waals surface area contributed by atoms with E-state index in [0.717, 1.165) is 20.2 Å². The average Bonchev–Trinajstić information content (AvgIpc) is 2.78. The summed E-state index contributed by atoms with van der Waals surface area (Å²) in [4.78, 5) is 7.64. The van der Waals surface area contributed by atoms with Crippen LogP contribution in [0, 0.1) is 3.57 Å². The molecule has 0 amide bonds. The minimum Gasteiger partial charge on any atom is -0.507 e. The van der Waals surface area contributed by atoms with Crippen LogP contribution in [0.4, 0.5) is 0 Å². The summed E-state index contributed by atoms with van der Waals surface area (Å²) in [5.41, 5.74) is 2.46. The zero-order valence-corrected chi connectivity index (χ0v) is 12.0. The second kappa shape index (κ2) is 4.44. The Hall–Kier alpha value is -1.27. The molecule has 3 aromatic rings. The molecule has 0 aliphatic carbocycles. The monoisotopic (exact) mass is 370 g/mol. The second-order valence-electron chi connectivity index (χ2n) is 3.89. The highest BCUT2D eigenvalue weighted by Crippen LogP contribution is 2.29. The fourth-order valence-electron chi connectivity index (χ4n) is 1.79. The van der Waals surface area contributed by atoms with E-state index in [4.69, 9.17) is 11.6 Å². The van der Waals surface area contributed by atoms with Gasteiger partial charge in [-0.3, -0.25) is 0 Å². The third-order valence-corrected chi connectivity index (χ3v) is 3.90. The lowest BCUT2D eigenvalue weighted by molar-refractivity contribution is 0.471. The van der Waals surface area contributed by atoms with Crippen LogP contribution in [0.1, 0.15) is 0 Å². The van der Waals surface area contributed by atoms with Gasteiger partial charge in [-0.1, -0.05) is 17.7 Å². The van der Waals surface area contributed by atoms with E-state index in [1.54, 1.807) is 12.1 Å². The molecule has 90 valence electrons. The lowest BCUT2D eigenvalue weighted by Crippen LogP contribution is -1.81. The molecule has 0 bridgehead atoms. The van der Waals surface area contributed by atoms with Crippen LogP contribution in [-0.4, -0.2) is 15.1 Å². The van der Waals surface area contributed by atoms with Crippen molar-refractivity contribution in [1.29, 1.82) is 0 Å². The predicted molar refractivity (Wildman–Crippen MR) is 80.9 cm³/mol. The molecule has 2 N–H and O–H groups in total. The summed E-state index contributed by atoms with van der Waals surface area (Å²) in [7, 11) is 0. The minimum absolute atomic E-state index is 0.250. The van der Waals surface area contributed by atoms with Crippen LogP contribution >= 0.6 is 34.2 Å². The van der Waals surface area contributed by atoms with Gasteiger partial charge in [-0.15, -0.1) is 0 Å². The molecule has 18 heavy (non-hydrogen) atoms. The minimum atomic E-state index is 0.250. The van der Waals surface area contributed by atoms with Gasteiger partial charge in [0.2, 0.25) is 0 Å². The van der Waals surface area contributed by atoms with Crippen molar-refractivity contribution >= 4 is 45.2 Å². The van der Waals surface area contributed by atoms with Crippen molar-refractivity contribution < 1.29 is 5.11 Å². The molecule has 0 saturated heterocycles. The maximum Gasteiger partial charge on any atom is 0.138 e. The number of nitrogens with zero attached hydrogens (tertiary/aromatic N) is 1. The fraction of sp³-hybridized carbons (Fsp3) is 0. The molecule has 0 saturated carbocycles. The van der Waals surface area contributed by atoms with E-state index in [0.29, 0.717) is 10.8 Å². The maximum absolute atomic E-state index is 9.72. The molecule has 0 unspecified atom stereocenters. The van der Waals surface area contributed by atoms with Crippen molar-refractivity contribution in [3.8, 4) is 17.1 Å². The zero-order chi connectivity index (χ0) is 12.7. The number of imidazole rings is 1. The SMILES string of the molecule is Oc1cc(-c2nc3c(Cl)cccc3[nH]2)ccc1I. The lowest BCUT2D eigenvalue weighted by atomic mass is 10.2. The summed E-state index contributed by atoms with van der Waals surface area (Å²) in [6.07, 6.45) is 0. The summed E-state index contributed by atoms with van der Waals surface area (Å²) in [6.45, 7) is 0. The lowest BCUT2D eigenvalue weighted by Gasteiger charge is -1.99. The van der Waals surface area contributed by atoms with Crippen LogP contribution in [-0.2, 0) is 0 Å². The summed E-state index contributed by atoms with van der Waals surface area (Å²) in [5.74, 6) is 0.949. The Labute approximate surface area is 122 Å². The summed E-state index contributed by atoms with van der Waals surface area (Å²) < 4.78 is 0.811. The van der Waals surface area contributed by atoms with Crippen molar-refractivity contribution in [2.24, 2.45) is 0 Å². The Balaban J connectivity index is 2.19. The van der Waals surface area contributed by atoms with Crippen LogP contribution in [0.5, 0.6) is 5.75 Å².